The zero-order valence-electron chi connectivity index (χ0n) is 18.1. The van der Waals surface area contributed by atoms with Crippen LogP contribution in [0.3, 0.4) is 0 Å². The molecule has 31 heavy (non-hydrogen) atoms. The zero-order chi connectivity index (χ0) is 21.6. The average molecular weight is 422 g/mol. The van der Waals surface area contributed by atoms with Gasteiger partial charge in [-0.3, -0.25) is 4.79 Å². The van der Waals surface area contributed by atoms with Crippen LogP contribution in [0.1, 0.15) is 56.3 Å². The van der Waals surface area contributed by atoms with Crippen molar-refractivity contribution in [2.45, 2.75) is 52.7 Å². The number of hydrogen-bond donors (Lipinski definition) is 0. The molecule has 8 heteroatoms. The fraction of sp³-hybridized carbons (Fsp3) is 0.478. The van der Waals surface area contributed by atoms with Crippen LogP contribution < -0.4 is 4.74 Å². The number of nitrogens with zero attached hydrogens (tertiary/aromatic N) is 5. The van der Waals surface area contributed by atoms with E-state index >= 15 is 0 Å². The summed E-state index contributed by atoms with van der Waals surface area (Å²) in [6.07, 6.45) is 6.38. The highest BCUT2D eigenvalue weighted by Crippen LogP contribution is 2.52. The molecule has 3 aromatic rings. The first-order valence-corrected chi connectivity index (χ1v) is 10.6. The smallest absolute Gasteiger partial charge is 0.276 e. The molecule has 0 radical (unpaired) electrons. The minimum atomic E-state index is -0.0430. The van der Waals surface area contributed by atoms with Crippen LogP contribution in [0.25, 0.3) is 5.69 Å². The van der Waals surface area contributed by atoms with E-state index in [9.17, 15) is 4.79 Å². The van der Waals surface area contributed by atoms with Crippen molar-refractivity contribution in [2.24, 2.45) is 10.8 Å². The van der Waals surface area contributed by atoms with Crippen molar-refractivity contribution in [1.82, 2.24) is 24.8 Å². The third-order valence-electron chi connectivity index (χ3n) is 6.35. The lowest BCUT2D eigenvalue weighted by Crippen LogP contribution is -2.37. The van der Waals surface area contributed by atoms with Crippen LogP contribution in [0, 0.1) is 10.8 Å². The van der Waals surface area contributed by atoms with Gasteiger partial charge < -0.3 is 14.2 Å². The van der Waals surface area contributed by atoms with Crippen molar-refractivity contribution >= 4 is 5.91 Å². The van der Waals surface area contributed by atoms with Crippen LogP contribution in [-0.2, 0) is 6.61 Å². The Hall–Kier alpha value is -3.16. The van der Waals surface area contributed by atoms with E-state index in [4.69, 9.17) is 9.26 Å². The van der Waals surface area contributed by atoms with Gasteiger partial charge in [-0.2, -0.15) is 5.10 Å². The Kier molecular flexibility index (Phi) is 4.60. The lowest BCUT2D eigenvalue weighted by atomic mass is 9.65. The van der Waals surface area contributed by atoms with E-state index in [2.05, 4.69) is 36.0 Å². The molecular formula is C23H27N5O3. The van der Waals surface area contributed by atoms with E-state index in [-0.39, 0.29) is 29.4 Å². The number of likely N-dealkylation sites (tertiary alicyclic amines) is 1. The van der Waals surface area contributed by atoms with Crippen molar-refractivity contribution in [3.8, 4) is 11.4 Å². The third-order valence-corrected chi connectivity index (χ3v) is 6.35. The molecule has 2 fully saturated rings. The molecule has 0 spiro atoms. The Morgan fingerprint density at radius 1 is 1.23 bits per heavy atom. The van der Waals surface area contributed by atoms with E-state index in [1.807, 2.05) is 29.2 Å². The number of carbonyl (C=O) groups is 1. The molecular weight excluding hydrogens is 394 g/mol. The van der Waals surface area contributed by atoms with Crippen molar-refractivity contribution < 1.29 is 14.1 Å². The van der Waals surface area contributed by atoms with Crippen LogP contribution in [-0.4, -0.2) is 43.3 Å². The molecule has 1 amide bonds. The van der Waals surface area contributed by atoms with E-state index < -0.39 is 0 Å². The first-order valence-electron chi connectivity index (χ1n) is 10.6. The molecule has 1 aliphatic carbocycles. The lowest BCUT2D eigenvalue weighted by Gasteiger charge is -2.39. The van der Waals surface area contributed by atoms with Crippen LogP contribution in [0.5, 0.6) is 5.75 Å². The van der Waals surface area contributed by atoms with Crippen molar-refractivity contribution in [3.63, 3.8) is 0 Å². The van der Waals surface area contributed by atoms with Crippen molar-refractivity contribution in [2.75, 3.05) is 6.54 Å². The van der Waals surface area contributed by atoms with Gasteiger partial charge in [0.15, 0.2) is 11.5 Å². The van der Waals surface area contributed by atoms with Gasteiger partial charge in [0.05, 0.1) is 5.69 Å². The Balaban J connectivity index is 1.22. The quantitative estimate of drug-likeness (QED) is 0.622. The second-order valence-corrected chi connectivity index (χ2v) is 9.95. The Labute approximate surface area is 181 Å². The van der Waals surface area contributed by atoms with Gasteiger partial charge in [-0.15, -0.1) is 0 Å². The largest absolute Gasteiger partial charge is 0.486 e. The first-order chi connectivity index (χ1) is 14.8. The summed E-state index contributed by atoms with van der Waals surface area (Å²) in [5.74, 6) is 1.17. The summed E-state index contributed by atoms with van der Waals surface area (Å²) >= 11 is 0. The van der Waals surface area contributed by atoms with Gasteiger partial charge in [-0.1, -0.05) is 25.9 Å². The number of benzene rings is 1. The van der Waals surface area contributed by atoms with Gasteiger partial charge in [0.1, 0.15) is 25.0 Å². The molecule has 0 unspecified atom stereocenters. The van der Waals surface area contributed by atoms with E-state index in [0.717, 1.165) is 31.5 Å². The number of carbonyl (C=O) groups excluding carboxylic acids is 1. The summed E-state index contributed by atoms with van der Waals surface area (Å²) in [7, 11) is 0. The van der Waals surface area contributed by atoms with Crippen LogP contribution in [0.2, 0.25) is 0 Å². The Morgan fingerprint density at radius 3 is 2.77 bits per heavy atom. The number of fused-ring (bicyclic) bond motifs is 2. The zero-order valence-corrected chi connectivity index (χ0v) is 18.1. The molecule has 2 atom stereocenters. The van der Waals surface area contributed by atoms with Gasteiger partial charge in [0.25, 0.3) is 5.91 Å². The molecule has 162 valence electrons. The minimum absolute atomic E-state index is 0.0430. The number of hydrogen-bond acceptors (Lipinski definition) is 6. The summed E-state index contributed by atoms with van der Waals surface area (Å²) in [4.78, 5) is 19.1. The maximum Gasteiger partial charge on any atom is 0.276 e. The predicted octanol–water partition coefficient (Wildman–Crippen LogP) is 3.88. The molecule has 3 heterocycles. The van der Waals surface area contributed by atoms with E-state index in [1.54, 1.807) is 17.1 Å². The summed E-state index contributed by atoms with van der Waals surface area (Å²) in [5.41, 5.74) is 1.70. The second-order valence-electron chi connectivity index (χ2n) is 9.95. The van der Waals surface area contributed by atoms with Gasteiger partial charge >= 0.3 is 0 Å². The SMILES string of the molecule is CC1(C)C[C@H]2C[C@](C)(CN2C(=O)c2cc(COc3ccc(-n4cncn4)cc3)on2)C1. The highest BCUT2D eigenvalue weighted by atomic mass is 16.5. The van der Waals surface area contributed by atoms with Crippen LogP contribution >= 0.6 is 0 Å². The third kappa shape index (κ3) is 3.94. The van der Waals surface area contributed by atoms with Gasteiger partial charge in [0, 0.05) is 18.7 Å². The van der Waals surface area contributed by atoms with E-state index in [0.29, 0.717) is 17.2 Å². The van der Waals surface area contributed by atoms with Gasteiger partial charge in [0.2, 0.25) is 0 Å². The molecule has 2 aliphatic rings. The summed E-state index contributed by atoms with van der Waals surface area (Å²) in [5, 5.41) is 8.13. The minimum Gasteiger partial charge on any atom is -0.486 e. The van der Waals surface area contributed by atoms with Crippen LogP contribution in [0.15, 0.2) is 47.5 Å². The highest BCUT2D eigenvalue weighted by molar-refractivity contribution is 5.92. The standard InChI is InChI=1S/C23H27N5O3/c1-22(2)9-17-10-23(3,12-22)13-27(17)21(29)20-8-19(31-26-20)11-30-18-6-4-16(5-7-18)28-15-24-14-25-28/h4-8,14-15,17H,9-13H2,1-3H3/t17-,23-/m0/s1. The molecule has 8 nitrogen and oxygen atoms in total. The average Bonchev–Trinajstić information content (AvgIpc) is 3.45. The summed E-state index contributed by atoms with van der Waals surface area (Å²) < 4.78 is 12.8. The van der Waals surface area contributed by atoms with E-state index in [1.165, 1.54) is 6.33 Å². The molecule has 1 saturated heterocycles. The molecule has 0 N–H and O–H groups in total. The summed E-state index contributed by atoms with van der Waals surface area (Å²) in [6.45, 7) is 7.89. The molecule has 1 aromatic carbocycles. The van der Waals surface area contributed by atoms with Crippen molar-refractivity contribution in [3.05, 3.63) is 54.4 Å². The topological polar surface area (TPSA) is 86.3 Å². The molecule has 2 aromatic heterocycles. The van der Waals surface area contributed by atoms with Crippen LogP contribution in [0.4, 0.5) is 0 Å². The first kappa shape index (κ1) is 19.8. The van der Waals surface area contributed by atoms with Gasteiger partial charge in [-0.25, -0.2) is 9.67 Å². The summed E-state index contributed by atoms with van der Waals surface area (Å²) in [6, 6.07) is 9.47. The molecule has 1 aliphatic heterocycles. The highest BCUT2D eigenvalue weighted by Gasteiger charge is 2.51. The fourth-order valence-electron chi connectivity index (χ4n) is 5.52. The fourth-order valence-corrected chi connectivity index (χ4v) is 5.52. The predicted molar refractivity (Wildman–Crippen MR) is 113 cm³/mol. The monoisotopic (exact) mass is 421 g/mol. The maximum atomic E-state index is 13.1. The molecule has 2 bridgehead atoms. The Morgan fingerprint density at radius 2 is 2.03 bits per heavy atom. The lowest BCUT2D eigenvalue weighted by molar-refractivity contribution is 0.0697. The maximum absolute atomic E-state index is 13.1. The number of amides is 1. The number of ether oxygens (including phenoxy) is 1. The Bertz CT molecular complexity index is 1070. The van der Waals surface area contributed by atoms with Crippen molar-refractivity contribution in [1.29, 1.82) is 0 Å². The molecule has 1 saturated carbocycles. The van der Waals surface area contributed by atoms with Gasteiger partial charge in [-0.05, 0) is 54.4 Å². The number of rotatable bonds is 5. The molecule has 5 rings (SSSR count). The second kappa shape index (κ2) is 7.21. The number of aromatic nitrogens is 4. The normalized spacial score (nSPS) is 24.4.